The molecule has 4 rings (SSSR count). The molecule has 0 atom stereocenters. The summed E-state index contributed by atoms with van der Waals surface area (Å²) in [6, 6.07) is 16.3. The van der Waals surface area contributed by atoms with E-state index in [0.717, 1.165) is 0 Å². The van der Waals surface area contributed by atoms with Gasteiger partial charge in [0.25, 0.3) is 5.91 Å². The summed E-state index contributed by atoms with van der Waals surface area (Å²) in [6.45, 7) is 0. The van der Waals surface area contributed by atoms with Crippen molar-refractivity contribution in [3.8, 4) is 17.2 Å². The molecule has 3 aromatic rings. The lowest BCUT2D eigenvalue weighted by Gasteiger charge is -2.12. The molecule has 0 bridgehead atoms. The van der Waals surface area contributed by atoms with Gasteiger partial charge >= 0.3 is 0 Å². The van der Waals surface area contributed by atoms with Crippen molar-refractivity contribution in [3.63, 3.8) is 0 Å². The summed E-state index contributed by atoms with van der Waals surface area (Å²) in [5, 5.41) is 3.17. The molecule has 2 N–H and O–H groups in total. The van der Waals surface area contributed by atoms with E-state index in [1.807, 2.05) is 0 Å². The first-order valence-corrected chi connectivity index (χ1v) is 10.9. The van der Waals surface area contributed by atoms with Crippen LogP contribution < -0.4 is 19.5 Å². The van der Waals surface area contributed by atoms with Crippen molar-refractivity contribution in [2.75, 3.05) is 17.1 Å². The molecule has 30 heavy (non-hydrogen) atoms. The number of hydrogen-bond acceptors (Lipinski definition) is 5. The largest absolute Gasteiger partial charge is 0.496 e. The molecule has 7 nitrogen and oxygen atoms in total. The molecular formula is C21H17ClN2O5S. The quantitative estimate of drug-likeness (QED) is 0.597. The molecule has 154 valence electrons. The zero-order valence-electron chi connectivity index (χ0n) is 15.8. The number of para-hydroxylation sites is 1. The molecule has 1 aliphatic heterocycles. The molecule has 9 heteroatoms. The molecule has 0 aliphatic carbocycles. The summed E-state index contributed by atoms with van der Waals surface area (Å²) in [5.74, 6) is 0.517. The van der Waals surface area contributed by atoms with Gasteiger partial charge < -0.3 is 14.8 Å². The van der Waals surface area contributed by atoms with Crippen LogP contribution in [0.15, 0.2) is 60.7 Å². The second-order valence-electron chi connectivity index (χ2n) is 6.58. The highest BCUT2D eigenvalue weighted by molar-refractivity contribution is 7.91. The molecule has 0 unspecified atom stereocenters. The van der Waals surface area contributed by atoms with E-state index in [1.54, 1.807) is 48.5 Å². The number of carbonyl (C=O) groups is 1. The van der Waals surface area contributed by atoms with Crippen LogP contribution in [0.3, 0.4) is 0 Å². The van der Waals surface area contributed by atoms with E-state index in [2.05, 4.69) is 10.0 Å². The number of hydrogen-bond donors (Lipinski definition) is 2. The molecule has 1 heterocycles. The standard InChI is InChI=1S/C21H17ClN2O5S/c1-28-18-5-3-2-4-13(18)12-30(26,27)24-15-7-9-19-16(11-15)21(25)23-17-10-14(22)6-8-20(17)29-19/h2-11,24H,12H2,1H3,(H,23,25). The predicted molar refractivity (Wildman–Crippen MR) is 115 cm³/mol. The fourth-order valence-corrected chi connectivity index (χ4v) is 4.48. The third-order valence-electron chi connectivity index (χ3n) is 4.45. The molecule has 0 saturated carbocycles. The number of halogens is 1. The average molecular weight is 445 g/mol. The van der Waals surface area contributed by atoms with Gasteiger partial charge in [0.1, 0.15) is 11.5 Å². The van der Waals surface area contributed by atoms with Gasteiger partial charge in [0, 0.05) is 16.3 Å². The number of fused-ring (bicyclic) bond motifs is 2. The molecule has 1 aliphatic rings. The molecule has 3 aromatic carbocycles. The zero-order chi connectivity index (χ0) is 21.3. The third kappa shape index (κ3) is 4.19. The lowest BCUT2D eigenvalue weighted by Crippen LogP contribution is -2.16. The van der Waals surface area contributed by atoms with E-state index in [4.69, 9.17) is 21.1 Å². The number of benzene rings is 3. The Morgan fingerprint density at radius 3 is 2.63 bits per heavy atom. The Kier molecular flexibility index (Phi) is 5.27. The lowest BCUT2D eigenvalue weighted by atomic mass is 10.1. The van der Waals surface area contributed by atoms with Crippen LogP contribution in [0, 0.1) is 0 Å². The highest BCUT2D eigenvalue weighted by Crippen LogP contribution is 2.38. The van der Waals surface area contributed by atoms with Gasteiger partial charge in [0.05, 0.1) is 24.1 Å². The van der Waals surface area contributed by atoms with Crippen molar-refractivity contribution in [2.45, 2.75) is 5.75 Å². The van der Waals surface area contributed by atoms with Crippen LogP contribution >= 0.6 is 11.6 Å². The highest BCUT2D eigenvalue weighted by Gasteiger charge is 2.23. The Morgan fingerprint density at radius 2 is 1.83 bits per heavy atom. The van der Waals surface area contributed by atoms with Gasteiger partial charge in [-0.15, -0.1) is 0 Å². The first-order chi connectivity index (χ1) is 14.3. The second-order valence-corrected chi connectivity index (χ2v) is 8.74. The van der Waals surface area contributed by atoms with E-state index in [1.165, 1.54) is 19.2 Å². The summed E-state index contributed by atoms with van der Waals surface area (Å²) in [4.78, 5) is 12.6. The summed E-state index contributed by atoms with van der Waals surface area (Å²) >= 11 is 5.98. The van der Waals surface area contributed by atoms with Crippen LogP contribution in [0.5, 0.6) is 17.2 Å². The summed E-state index contributed by atoms with van der Waals surface area (Å²) in [5.41, 5.74) is 1.39. The van der Waals surface area contributed by atoms with Crippen LogP contribution in [-0.2, 0) is 15.8 Å². The second kappa shape index (κ2) is 7.89. The van der Waals surface area contributed by atoms with Crippen molar-refractivity contribution in [1.29, 1.82) is 0 Å². The maximum atomic E-state index is 12.7. The Morgan fingerprint density at radius 1 is 1.07 bits per heavy atom. The van der Waals surface area contributed by atoms with Gasteiger partial charge in [-0.05, 0) is 42.5 Å². The molecule has 0 saturated heterocycles. The number of methoxy groups -OCH3 is 1. The fraction of sp³-hybridized carbons (Fsp3) is 0.0952. The first kappa shape index (κ1) is 20.1. The Bertz CT molecular complexity index is 1240. The minimum absolute atomic E-state index is 0.194. The Balaban J connectivity index is 1.60. The van der Waals surface area contributed by atoms with Crippen molar-refractivity contribution in [3.05, 3.63) is 76.8 Å². The van der Waals surface area contributed by atoms with Crippen LogP contribution in [0.1, 0.15) is 15.9 Å². The minimum Gasteiger partial charge on any atom is -0.496 e. The maximum Gasteiger partial charge on any atom is 0.259 e. The number of amides is 1. The van der Waals surface area contributed by atoms with Gasteiger partial charge in [0.2, 0.25) is 10.0 Å². The summed E-state index contributed by atoms with van der Waals surface area (Å²) in [7, 11) is -2.27. The van der Waals surface area contributed by atoms with Crippen molar-refractivity contribution in [2.24, 2.45) is 0 Å². The Hall–Kier alpha value is -3.23. The number of nitrogens with one attached hydrogen (secondary N) is 2. The first-order valence-electron chi connectivity index (χ1n) is 8.90. The minimum atomic E-state index is -3.75. The van der Waals surface area contributed by atoms with E-state index in [9.17, 15) is 13.2 Å². The van der Waals surface area contributed by atoms with Crippen LogP contribution in [0.4, 0.5) is 11.4 Å². The third-order valence-corrected chi connectivity index (χ3v) is 5.92. The molecule has 0 radical (unpaired) electrons. The number of ether oxygens (including phenoxy) is 2. The molecular weight excluding hydrogens is 428 g/mol. The monoisotopic (exact) mass is 444 g/mol. The smallest absolute Gasteiger partial charge is 0.259 e. The Labute approximate surface area is 178 Å². The lowest BCUT2D eigenvalue weighted by molar-refractivity contribution is 0.102. The number of carbonyl (C=O) groups excluding carboxylic acids is 1. The van der Waals surface area contributed by atoms with Gasteiger partial charge in [-0.2, -0.15) is 0 Å². The van der Waals surface area contributed by atoms with Crippen LogP contribution in [-0.4, -0.2) is 21.4 Å². The van der Waals surface area contributed by atoms with Gasteiger partial charge in [-0.3, -0.25) is 9.52 Å². The molecule has 0 aromatic heterocycles. The number of anilines is 2. The van der Waals surface area contributed by atoms with E-state index in [0.29, 0.717) is 33.5 Å². The van der Waals surface area contributed by atoms with Gasteiger partial charge in [0.15, 0.2) is 5.75 Å². The number of sulfonamides is 1. The van der Waals surface area contributed by atoms with Crippen LogP contribution in [0.25, 0.3) is 0 Å². The van der Waals surface area contributed by atoms with E-state index >= 15 is 0 Å². The van der Waals surface area contributed by atoms with Gasteiger partial charge in [-0.1, -0.05) is 29.8 Å². The molecule has 0 spiro atoms. The molecule has 0 fully saturated rings. The molecule has 1 amide bonds. The summed E-state index contributed by atoms with van der Waals surface area (Å²) < 4.78 is 38.8. The van der Waals surface area contributed by atoms with Crippen molar-refractivity contribution < 1.29 is 22.7 Å². The number of rotatable bonds is 5. The van der Waals surface area contributed by atoms with Crippen LogP contribution in [0.2, 0.25) is 5.02 Å². The summed E-state index contributed by atoms with van der Waals surface area (Å²) in [6.07, 6.45) is 0. The topological polar surface area (TPSA) is 93.7 Å². The normalized spacial score (nSPS) is 12.7. The average Bonchev–Trinajstić information content (AvgIpc) is 2.83. The van der Waals surface area contributed by atoms with Gasteiger partial charge in [-0.25, -0.2) is 8.42 Å². The fourth-order valence-electron chi connectivity index (χ4n) is 3.10. The zero-order valence-corrected chi connectivity index (χ0v) is 17.4. The maximum absolute atomic E-state index is 12.7. The van der Waals surface area contributed by atoms with E-state index in [-0.39, 0.29) is 17.0 Å². The highest BCUT2D eigenvalue weighted by atomic mass is 35.5. The SMILES string of the molecule is COc1ccccc1CS(=O)(=O)Nc1ccc2c(c1)C(=O)Nc1cc(Cl)ccc1O2. The predicted octanol–water partition coefficient (Wildman–Crippen LogP) is 4.65. The van der Waals surface area contributed by atoms with Crippen molar-refractivity contribution in [1.82, 2.24) is 0 Å². The van der Waals surface area contributed by atoms with Crippen molar-refractivity contribution >= 4 is 38.9 Å². The van der Waals surface area contributed by atoms with E-state index < -0.39 is 15.9 Å².